The highest BCUT2D eigenvalue weighted by molar-refractivity contribution is 6.03. The Kier molecular flexibility index (Phi) is 4.11. The third kappa shape index (κ3) is 3.08. The van der Waals surface area contributed by atoms with Crippen LogP contribution in [-0.2, 0) is 4.74 Å². The molecule has 1 aliphatic heterocycles. The molecule has 0 aromatic carbocycles. The van der Waals surface area contributed by atoms with Gasteiger partial charge in [0.15, 0.2) is 0 Å². The number of aromatic carboxylic acids is 1. The van der Waals surface area contributed by atoms with Crippen LogP contribution in [0.4, 0.5) is 0 Å². The summed E-state index contributed by atoms with van der Waals surface area (Å²) in [5.41, 5.74) is -0.167. The first-order chi connectivity index (χ1) is 9.09. The first-order valence-corrected chi connectivity index (χ1v) is 6.20. The van der Waals surface area contributed by atoms with Crippen molar-refractivity contribution in [2.24, 2.45) is 0 Å². The van der Waals surface area contributed by atoms with Crippen molar-refractivity contribution in [1.29, 1.82) is 0 Å². The number of rotatable bonds is 4. The highest BCUT2D eigenvalue weighted by Gasteiger charge is 2.26. The third-order valence-corrected chi connectivity index (χ3v) is 3.13. The summed E-state index contributed by atoms with van der Waals surface area (Å²) in [4.78, 5) is 26.9. The molecule has 6 nitrogen and oxygen atoms in total. The largest absolute Gasteiger partial charge is 0.478 e. The number of nitrogens with one attached hydrogen (secondary N) is 1. The number of nitrogens with zero attached hydrogens (tertiary/aromatic N) is 1. The van der Waals surface area contributed by atoms with Gasteiger partial charge in [-0.2, -0.15) is 0 Å². The number of carbonyl (C=O) groups excluding carboxylic acids is 1. The van der Waals surface area contributed by atoms with E-state index in [2.05, 4.69) is 10.3 Å². The van der Waals surface area contributed by atoms with Crippen LogP contribution >= 0.6 is 0 Å². The van der Waals surface area contributed by atoms with Gasteiger partial charge in [0.05, 0.1) is 17.7 Å². The molecule has 2 heterocycles. The lowest BCUT2D eigenvalue weighted by molar-refractivity contribution is 0.0672. The summed E-state index contributed by atoms with van der Waals surface area (Å²) in [5.74, 6) is -1.65. The lowest BCUT2D eigenvalue weighted by Crippen LogP contribution is -2.41. The summed E-state index contributed by atoms with van der Waals surface area (Å²) >= 11 is 0. The molecule has 1 aromatic heterocycles. The highest BCUT2D eigenvalue weighted by Crippen LogP contribution is 2.16. The molecule has 0 saturated carbocycles. The maximum absolute atomic E-state index is 12.0. The van der Waals surface area contributed by atoms with Crippen LogP contribution in [0.25, 0.3) is 0 Å². The molecule has 0 spiro atoms. The topological polar surface area (TPSA) is 88.5 Å². The van der Waals surface area contributed by atoms with Gasteiger partial charge in [0.2, 0.25) is 0 Å². The molecule has 1 aliphatic rings. The number of pyridine rings is 1. The summed E-state index contributed by atoms with van der Waals surface area (Å²) < 4.78 is 5.48. The molecule has 0 aliphatic carbocycles. The summed E-state index contributed by atoms with van der Waals surface area (Å²) in [7, 11) is 0. The fourth-order valence-electron chi connectivity index (χ4n) is 2.12. The average molecular weight is 264 g/mol. The molecule has 1 saturated heterocycles. The molecular formula is C13H16N2O4. The van der Waals surface area contributed by atoms with Gasteiger partial charge in [-0.25, -0.2) is 4.79 Å². The van der Waals surface area contributed by atoms with E-state index in [1.807, 2.05) is 6.92 Å². The molecule has 0 bridgehead atoms. The molecule has 2 unspecified atom stereocenters. The van der Waals surface area contributed by atoms with E-state index in [4.69, 9.17) is 9.84 Å². The van der Waals surface area contributed by atoms with E-state index in [-0.39, 0.29) is 23.4 Å². The number of amides is 1. The number of ether oxygens (including phenoxy) is 1. The fourth-order valence-corrected chi connectivity index (χ4v) is 2.12. The van der Waals surface area contributed by atoms with Crippen molar-refractivity contribution in [2.75, 3.05) is 6.61 Å². The second-order valence-corrected chi connectivity index (χ2v) is 4.52. The third-order valence-electron chi connectivity index (χ3n) is 3.13. The monoisotopic (exact) mass is 264 g/mol. The van der Waals surface area contributed by atoms with Gasteiger partial charge < -0.3 is 15.2 Å². The lowest BCUT2D eigenvalue weighted by Gasteiger charge is -2.20. The zero-order valence-corrected chi connectivity index (χ0v) is 10.6. The maximum Gasteiger partial charge on any atom is 0.338 e. The molecule has 102 valence electrons. The number of hydrogen-bond acceptors (Lipinski definition) is 4. The second-order valence-electron chi connectivity index (χ2n) is 4.52. The Morgan fingerprint density at radius 2 is 2.37 bits per heavy atom. The van der Waals surface area contributed by atoms with Crippen LogP contribution in [-0.4, -0.2) is 40.7 Å². The van der Waals surface area contributed by atoms with E-state index in [1.54, 1.807) is 0 Å². The second kappa shape index (κ2) is 5.79. The Balaban J connectivity index is 2.09. The van der Waals surface area contributed by atoms with E-state index < -0.39 is 11.9 Å². The smallest absolute Gasteiger partial charge is 0.338 e. The van der Waals surface area contributed by atoms with Crippen molar-refractivity contribution in [2.45, 2.75) is 31.9 Å². The summed E-state index contributed by atoms with van der Waals surface area (Å²) in [6.45, 7) is 2.55. The fraction of sp³-hybridized carbons (Fsp3) is 0.462. The van der Waals surface area contributed by atoms with E-state index >= 15 is 0 Å². The number of hydrogen-bond donors (Lipinski definition) is 2. The maximum atomic E-state index is 12.0. The van der Waals surface area contributed by atoms with Crippen LogP contribution in [0, 0.1) is 0 Å². The van der Waals surface area contributed by atoms with Crippen LogP contribution in [0.3, 0.4) is 0 Å². The number of carbonyl (C=O) groups is 2. The predicted molar refractivity (Wildman–Crippen MR) is 67.1 cm³/mol. The van der Waals surface area contributed by atoms with E-state index in [9.17, 15) is 9.59 Å². The molecular weight excluding hydrogens is 248 g/mol. The van der Waals surface area contributed by atoms with Gasteiger partial charge in [0.25, 0.3) is 5.91 Å². The minimum Gasteiger partial charge on any atom is -0.478 e. The standard InChI is InChI=1S/C13H16N2O4/c1-8(10-5-3-7-19-10)15-12(16)11-9(13(17)18)4-2-6-14-11/h2,4,6,8,10H,3,5,7H2,1H3,(H,15,16)(H,17,18). The van der Waals surface area contributed by atoms with Gasteiger partial charge in [0, 0.05) is 12.8 Å². The quantitative estimate of drug-likeness (QED) is 0.849. The van der Waals surface area contributed by atoms with Crippen LogP contribution in [0.5, 0.6) is 0 Å². The predicted octanol–water partition coefficient (Wildman–Crippen LogP) is 1.08. The Hall–Kier alpha value is -1.95. The molecule has 19 heavy (non-hydrogen) atoms. The summed E-state index contributed by atoms with van der Waals surface area (Å²) in [6, 6.07) is 2.68. The van der Waals surface area contributed by atoms with Crippen molar-refractivity contribution < 1.29 is 19.4 Å². The van der Waals surface area contributed by atoms with Crippen molar-refractivity contribution in [1.82, 2.24) is 10.3 Å². The van der Waals surface area contributed by atoms with E-state index in [0.717, 1.165) is 12.8 Å². The normalized spacial score (nSPS) is 19.9. The summed E-state index contributed by atoms with van der Waals surface area (Å²) in [5, 5.41) is 11.8. The SMILES string of the molecule is CC(NC(=O)c1ncccc1C(=O)O)C1CCCO1. The van der Waals surface area contributed by atoms with E-state index in [0.29, 0.717) is 6.61 Å². The molecule has 2 N–H and O–H groups in total. The van der Waals surface area contributed by atoms with Crippen LogP contribution in [0.1, 0.15) is 40.6 Å². The number of aromatic nitrogens is 1. The Bertz CT molecular complexity index is 483. The molecule has 1 aromatic rings. The highest BCUT2D eigenvalue weighted by atomic mass is 16.5. The zero-order valence-electron chi connectivity index (χ0n) is 10.6. The average Bonchev–Trinajstić information content (AvgIpc) is 2.92. The van der Waals surface area contributed by atoms with Gasteiger partial charge in [-0.05, 0) is 31.9 Å². The Labute approximate surface area is 110 Å². The van der Waals surface area contributed by atoms with Gasteiger partial charge >= 0.3 is 5.97 Å². The lowest BCUT2D eigenvalue weighted by atomic mass is 10.1. The minimum atomic E-state index is -1.16. The number of carboxylic acids is 1. The molecule has 0 radical (unpaired) electrons. The molecule has 2 rings (SSSR count). The minimum absolute atomic E-state index is 0.0130. The van der Waals surface area contributed by atoms with Crippen LogP contribution < -0.4 is 5.32 Å². The molecule has 1 amide bonds. The van der Waals surface area contributed by atoms with Crippen LogP contribution in [0.15, 0.2) is 18.3 Å². The number of carboxylic acid groups (broad SMARTS) is 1. The molecule has 2 atom stereocenters. The van der Waals surface area contributed by atoms with Crippen molar-refractivity contribution >= 4 is 11.9 Å². The van der Waals surface area contributed by atoms with Gasteiger partial charge in [0.1, 0.15) is 5.69 Å². The molecule has 1 fully saturated rings. The van der Waals surface area contributed by atoms with E-state index in [1.165, 1.54) is 18.3 Å². The van der Waals surface area contributed by atoms with Crippen molar-refractivity contribution in [3.8, 4) is 0 Å². The first kappa shape index (κ1) is 13.5. The van der Waals surface area contributed by atoms with Crippen molar-refractivity contribution in [3.05, 3.63) is 29.6 Å². The van der Waals surface area contributed by atoms with Gasteiger partial charge in [-0.1, -0.05) is 0 Å². The first-order valence-electron chi connectivity index (χ1n) is 6.20. The van der Waals surface area contributed by atoms with Gasteiger partial charge in [-0.15, -0.1) is 0 Å². The summed E-state index contributed by atoms with van der Waals surface area (Å²) in [6.07, 6.45) is 3.27. The zero-order chi connectivity index (χ0) is 13.8. The Morgan fingerprint density at radius 1 is 1.58 bits per heavy atom. The molecule has 6 heteroatoms. The van der Waals surface area contributed by atoms with Crippen LogP contribution in [0.2, 0.25) is 0 Å². The van der Waals surface area contributed by atoms with Crippen molar-refractivity contribution in [3.63, 3.8) is 0 Å². The Morgan fingerprint density at radius 3 is 3.00 bits per heavy atom. The van der Waals surface area contributed by atoms with Gasteiger partial charge in [-0.3, -0.25) is 9.78 Å².